The summed E-state index contributed by atoms with van der Waals surface area (Å²) in [4.78, 5) is 33.2. The highest BCUT2D eigenvalue weighted by Gasteiger charge is 2.41. The summed E-state index contributed by atoms with van der Waals surface area (Å²) in [6.45, 7) is 0.398. The molecule has 1 saturated heterocycles. The van der Waals surface area contributed by atoms with Crippen molar-refractivity contribution in [2.24, 2.45) is 0 Å². The highest BCUT2D eigenvalue weighted by molar-refractivity contribution is 7.91. The van der Waals surface area contributed by atoms with E-state index in [0.717, 1.165) is 0 Å². The number of halogens is 1. The van der Waals surface area contributed by atoms with Crippen LogP contribution in [0, 0.1) is 11.3 Å². The predicted molar refractivity (Wildman–Crippen MR) is 123 cm³/mol. The summed E-state index contributed by atoms with van der Waals surface area (Å²) in [5, 5.41) is 9.38. The molecule has 1 atom stereocenters. The molecular formula is C23H18ClN5O4S. The van der Waals surface area contributed by atoms with Crippen LogP contribution in [0.5, 0.6) is 0 Å². The Morgan fingerprint density at radius 2 is 1.91 bits per heavy atom. The molecule has 1 fully saturated rings. The van der Waals surface area contributed by atoms with Crippen LogP contribution in [-0.2, 0) is 14.6 Å². The predicted octanol–water partition coefficient (Wildman–Crippen LogP) is 2.27. The number of rotatable bonds is 3. The van der Waals surface area contributed by atoms with Crippen LogP contribution in [-0.4, -0.2) is 60.1 Å². The normalized spacial score (nSPS) is 19.1. The fraction of sp³-hybridized carbons (Fsp3) is 0.217. The van der Waals surface area contributed by atoms with E-state index < -0.39 is 21.8 Å². The van der Waals surface area contributed by atoms with Gasteiger partial charge in [0.1, 0.15) is 12.2 Å². The molecule has 0 unspecified atom stereocenters. The van der Waals surface area contributed by atoms with Gasteiger partial charge in [-0.05, 0) is 35.9 Å². The Morgan fingerprint density at radius 1 is 1.15 bits per heavy atom. The molecule has 1 aromatic heterocycles. The van der Waals surface area contributed by atoms with E-state index in [4.69, 9.17) is 16.9 Å². The van der Waals surface area contributed by atoms with Crippen molar-refractivity contribution >= 4 is 38.9 Å². The van der Waals surface area contributed by atoms with Gasteiger partial charge in [0.05, 0.1) is 29.6 Å². The van der Waals surface area contributed by atoms with Crippen LogP contribution < -0.4 is 4.90 Å². The van der Waals surface area contributed by atoms with E-state index in [0.29, 0.717) is 21.8 Å². The number of amides is 2. The number of nitrogens with zero attached hydrogens (tertiary/aromatic N) is 5. The number of nitriles is 1. The lowest BCUT2D eigenvalue weighted by atomic mass is 10.1. The van der Waals surface area contributed by atoms with Crippen molar-refractivity contribution in [2.75, 3.05) is 30.3 Å². The van der Waals surface area contributed by atoms with Crippen LogP contribution in [0.3, 0.4) is 0 Å². The van der Waals surface area contributed by atoms with Gasteiger partial charge in [-0.2, -0.15) is 5.26 Å². The maximum Gasteiger partial charge on any atom is 0.272 e. The molecule has 0 aliphatic carbocycles. The maximum absolute atomic E-state index is 13.4. The molecular weight excluding hydrogens is 478 g/mol. The zero-order valence-corrected chi connectivity index (χ0v) is 19.3. The third-order valence-corrected chi connectivity index (χ3v) is 7.85. The van der Waals surface area contributed by atoms with E-state index in [-0.39, 0.29) is 42.1 Å². The fourth-order valence-electron chi connectivity index (χ4n) is 4.34. The molecule has 5 rings (SSSR count). The van der Waals surface area contributed by atoms with Gasteiger partial charge >= 0.3 is 0 Å². The Balaban J connectivity index is 1.43. The number of sulfone groups is 1. The molecule has 11 heteroatoms. The zero-order chi connectivity index (χ0) is 24.0. The number of piperazine rings is 1. The number of carbonyl (C=O) groups is 2. The Bertz CT molecular complexity index is 1460. The maximum atomic E-state index is 13.4. The van der Waals surface area contributed by atoms with Crippen molar-refractivity contribution in [3.63, 3.8) is 0 Å². The lowest BCUT2D eigenvalue weighted by Gasteiger charge is -2.34. The fourth-order valence-corrected chi connectivity index (χ4v) is 6.17. The van der Waals surface area contributed by atoms with Gasteiger partial charge in [-0.15, -0.1) is 0 Å². The highest BCUT2D eigenvalue weighted by Crippen LogP contribution is 2.34. The van der Waals surface area contributed by atoms with E-state index in [2.05, 4.69) is 4.98 Å². The molecule has 0 saturated carbocycles. The topological polar surface area (TPSA) is 116 Å². The monoisotopic (exact) mass is 495 g/mol. The van der Waals surface area contributed by atoms with Crippen LogP contribution in [0.4, 0.5) is 5.69 Å². The highest BCUT2D eigenvalue weighted by atomic mass is 35.5. The summed E-state index contributed by atoms with van der Waals surface area (Å²) in [7, 11) is -3.69. The lowest BCUT2D eigenvalue weighted by molar-refractivity contribution is -0.120. The van der Waals surface area contributed by atoms with Gasteiger partial charge in [0.25, 0.3) is 5.91 Å². The van der Waals surface area contributed by atoms with Crippen LogP contribution in [0.1, 0.15) is 27.7 Å². The van der Waals surface area contributed by atoms with E-state index in [1.807, 2.05) is 6.07 Å². The van der Waals surface area contributed by atoms with Crippen molar-refractivity contribution in [3.05, 3.63) is 76.6 Å². The van der Waals surface area contributed by atoms with Gasteiger partial charge in [0.2, 0.25) is 20.9 Å². The molecule has 172 valence electrons. The number of anilines is 1. The summed E-state index contributed by atoms with van der Waals surface area (Å²) in [6, 6.07) is 14.9. The second-order valence-electron chi connectivity index (χ2n) is 8.08. The molecule has 0 N–H and O–H groups in total. The first-order chi connectivity index (χ1) is 16.3. The first-order valence-corrected chi connectivity index (χ1v) is 12.5. The second-order valence-corrected chi connectivity index (χ2v) is 10.4. The van der Waals surface area contributed by atoms with Gasteiger partial charge in [0.15, 0.2) is 0 Å². The second kappa shape index (κ2) is 8.27. The molecule has 9 nitrogen and oxygen atoms in total. The minimum atomic E-state index is -3.69. The molecule has 0 bridgehead atoms. The van der Waals surface area contributed by atoms with Crippen LogP contribution >= 0.6 is 11.6 Å². The van der Waals surface area contributed by atoms with Crippen molar-refractivity contribution < 1.29 is 18.0 Å². The zero-order valence-electron chi connectivity index (χ0n) is 17.8. The Kier molecular flexibility index (Phi) is 5.38. The molecule has 3 heterocycles. The third kappa shape index (κ3) is 3.73. The smallest absolute Gasteiger partial charge is 0.272 e. The molecule has 3 aromatic rings. The van der Waals surface area contributed by atoms with Crippen LogP contribution in [0.15, 0.2) is 59.9 Å². The number of benzene rings is 2. The molecule has 2 aliphatic heterocycles. The quantitative estimate of drug-likeness (QED) is 0.550. The standard InChI is InChI=1S/C23H18ClN5O4S/c24-17-2-1-3-18(10-17)28-9-8-27(13-21(28)30)22(31)19-12-26-23-29(19)20(14-34(23,32)33)16-6-4-15(11-25)5-7-16/h1-7,10,12,20H,8-9,13-14H2/t20-/m0/s1. The SMILES string of the molecule is N#Cc1ccc([C@@H]2CS(=O)(=O)c3ncc(C(=O)N4CCN(c5cccc(Cl)c5)C(=O)C4)n32)cc1. The van der Waals surface area contributed by atoms with E-state index >= 15 is 0 Å². The van der Waals surface area contributed by atoms with E-state index in [9.17, 15) is 18.0 Å². The number of hydrogen-bond acceptors (Lipinski definition) is 6. The van der Waals surface area contributed by atoms with Gasteiger partial charge in [-0.3, -0.25) is 9.59 Å². The van der Waals surface area contributed by atoms with Gasteiger partial charge < -0.3 is 14.4 Å². The number of fused-ring (bicyclic) bond motifs is 1. The number of aromatic nitrogens is 2. The number of hydrogen-bond donors (Lipinski definition) is 0. The van der Waals surface area contributed by atoms with Gasteiger partial charge in [-0.1, -0.05) is 29.8 Å². The Hall–Kier alpha value is -3.68. The van der Waals surface area contributed by atoms with Crippen molar-refractivity contribution in [2.45, 2.75) is 11.2 Å². The molecule has 2 aliphatic rings. The molecule has 2 aromatic carbocycles. The Morgan fingerprint density at radius 3 is 2.59 bits per heavy atom. The largest absolute Gasteiger partial charge is 0.326 e. The molecule has 2 amide bonds. The summed E-state index contributed by atoms with van der Waals surface area (Å²) >= 11 is 6.04. The summed E-state index contributed by atoms with van der Waals surface area (Å²) in [5.74, 6) is -0.961. The van der Waals surface area contributed by atoms with Crippen molar-refractivity contribution in [3.8, 4) is 6.07 Å². The van der Waals surface area contributed by atoms with E-state index in [1.54, 1.807) is 53.4 Å². The van der Waals surface area contributed by atoms with E-state index in [1.165, 1.54) is 15.7 Å². The summed E-state index contributed by atoms with van der Waals surface area (Å²) in [6.07, 6.45) is 1.25. The van der Waals surface area contributed by atoms with Gasteiger partial charge in [0, 0.05) is 23.8 Å². The van der Waals surface area contributed by atoms with Crippen molar-refractivity contribution in [1.82, 2.24) is 14.5 Å². The number of carbonyl (C=O) groups excluding carboxylic acids is 2. The molecule has 0 radical (unpaired) electrons. The average Bonchev–Trinajstić information content (AvgIpc) is 3.38. The van der Waals surface area contributed by atoms with Crippen LogP contribution in [0.25, 0.3) is 0 Å². The van der Waals surface area contributed by atoms with Crippen molar-refractivity contribution in [1.29, 1.82) is 5.26 Å². The third-order valence-electron chi connectivity index (χ3n) is 6.00. The Labute approximate surface area is 200 Å². The van der Waals surface area contributed by atoms with Crippen LogP contribution in [0.2, 0.25) is 5.02 Å². The lowest BCUT2D eigenvalue weighted by Crippen LogP contribution is -2.52. The molecule has 0 spiro atoms. The average molecular weight is 496 g/mol. The first kappa shape index (κ1) is 22.1. The molecule has 34 heavy (non-hydrogen) atoms. The van der Waals surface area contributed by atoms with Gasteiger partial charge in [-0.25, -0.2) is 13.4 Å². The summed E-state index contributed by atoms with van der Waals surface area (Å²) < 4.78 is 26.9. The summed E-state index contributed by atoms with van der Waals surface area (Å²) in [5.41, 5.74) is 1.86. The first-order valence-electron chi connectivity index (χ1n) is 10.4. The number of imidazole rings is 1. The minimum Gasteiger partial charge on any atom is -0.326 e. The minimum absolute atomic E-state index is 0.106.